The third kappa shape index (κ3) is 6.61. The highest BCUT2D eigenvalue weighted by molar-refractivity contribution is 5.88. The summed E-state index contributed by atoms with van der Waals surface area (Å²) < 4.78 is 44.1. The number of likely N-dealkylation sites (N-methyl/N-ethyl adjacent to an activating group) is 1. The van der Waals surface area contributed by atoms with E-state index < -0.39 is 11.9 Å². The Hall–Kier alpha value is -4.13. The lowest BCUT2D eigenvalue weighted by Gasteiger charge is -2.45. The molecule has 10 nitrogen and oxygen atoms in total. The number of aryl methyl sites for hydroxylation is 1. The Morgan fingerprint density at radius 2 is 1.77 bits per heavy atom. The minimum atomic E-state index is -4.80. The van der Waals surface area contributed by atoms with Crippen LogP contribution in [0.2, 0.25) is 0 Å². The normalized spacial score (nSPS) is 16.4. The topological polar surface area (TPSA) is 102 Å². The van der Waals surface area contributed by atoms with Crippen LogP contribution in [0, 0.1) is 6.92 Å². The molecule has 0 unspecified atom stereocenters. The fourth-order valence-electron chi connectivity index (χ4n) is 5.70. The quantitative estimate of drug-likeness (QED) is 0.249. The molecule has 43 heavy (non-hydrogen) atoms. The number of halogens is 3. The molecule has 3 heterocycles. The first-order chi connectivity index (χ1) is 20.4. The average molecular weight is 601 g/mol. The molecular formula is C30H39F3N8O2. The van der Waals surface area contributed by atoms with Gasteiger partial charge in [-0.25, -0.2) is 4.98 Å². The number of carbonyl (C=O) groups is 2. The van der Waals surface area contributed by atoms with Crippen LogP contribution in [0.1, 0.15) is 35.5 Å². The highest BCUT2D eigenvalue weighted by Gasteiger charge is 2.39. The molecule has 0 spiro atoms. The molecule has 0 saturated carbocycles. The summed E-state index contributed by atoms with van der Waals surface area (Å²) in [6.45, 7) is 13.7. The molecule has 2 aromatic rings. The number of rotatable bonds is 10. The fourth-order valence-corrected chi connectivity index (χ4v) is 5.70. The summed E-state index contributed by atoms with van der Waals surface area (Å²) in [4.78, 5) is 42.4. The summed E-state index contributed by atoms with van der Waals surface area (Å²) >= 11 is 0. The lowest BCUT2D eigenvalue weighted by atomic mass is 10.1. The molecular weight excluding hydrogens is 561 g/mol. The predicted octanol–water partition coefficient (Wildman–Crippen LogP) is 3.58. The molecule has 0 bridgehead atoms. The van der Waals surface area contributed by atoms with Gasteiger partial charge in [-0.05, 0) is 43.8 Å². The van der Waals surface area contributed by atoms with Crippen molar-refractivity contribution in [2.45, 2.75) is 33.0 Å². The van der Waals surface area contributed by atoms with Crippen LogP contribution in [0.5, 0.6) is 0 Å². The molecule has 2 saturated heterocycles. The van der Waals surface area contributed by atoms with Crippen molar-refractivity contribution in [2.24, 2.45) is 0 Å². The van der Waals surface area contributed by atoms with Gasteiger partial charge in [0, 0.05) is 57.9 Å². The van der Waals surface area contributed by atoms with Crippen LogP contribution in [0.15, 0.2) is 36.6 Å². The van der Waals surface area contributed by atoms with Crippen LogP contribution >= 0.6 is 0 Å². The molecule has 1 aromatic carbocycles. The number of amides is 1. The summed E-state index contributed by atoms with van der Waals surface area (Å²) in [6.07, 6.45) is -2.18. The molecule has 0 radical (unpaired) electrons. The number of carbonyl (C=O) groups excluding carboxylic acids is 2. The summed E-state index contributed by atoms with van der Waals surface area (Å²) in [5.41, 5.74) is 5.83. The Labute approximate surface area is 250 Å². The number of allylic oxidation sites excluding steroid dienone is 1. The van der Waals surface area contributed by atoms with Gasteiger partial charge in [0.2, 0.25) is 11.9 Å². The Kier molecular flexibility index (Phi) is 9.63. The van der Waals surface area contributed by atoms with Crippen molar-refractivity contribution in [1.29, 1.82) is 0 Å². The van der Waals surface area contributed by atoms with Gasteiger partial charge >= 0.3 is 6.18 Å². The van der Waals surface area contributed by atoms with E-state index in [0.29, 0.717) is 57.2 Å². The van der Waals surface area contributed by atoms with Gasteiger partial charge in [-0.15, -0.1) is 0 Å². The van der Waals surface area contributed by atoms with Gasteiger partial charge in [-0.1, -0.05) is 32.6 Å². The van der Waals surface area contributed by atoms with Crippen LogP contribution in [0.4, 0.5) is 36.3 Å². The highest BCUT2D eigenvalue weighted by Crippen LogP contribution is 2.39. The second kappa shape index (κ2) is 13.0. The third-order valence-corrected chi connectivity index (χ3v) is 8.13. The first-order valence-corrected chi connectivity index (χ1v) is 14.3. The van der Waals surface area contributed by atoms with E-state index in [-0.39, 0.29) is 40.3 Å². The van der Waals surface area contributed by atoms with E-state index in [1.54, 1.807) is 28.9 Å². The Morgan fingerprint density at radius 3 is 2.30 bits per heavy atom. The van der Waals surface area contributed by atoms with Gasteiger partial charge in [0.15, 0.2) is 6.29 Å². The number of hydrogen-bond acceptors (Lipinski definition) is 9. The van der Waals surface area contributed by atoms with E-state index in [1.807, 2.05) is 4.90 Å². The number of para-hydroxylation sites is 1. The first kappa shape index (κ1) is 31.8. The SMILES string of the molecule is C=CC(=O)N1CCN(c2nc(N3CC(N(CC)CC)C3)nc(C=O)c2/C=C(\N(C)c2c(C)cccc2N)C(F)(F)F)CC1. The van der Waals surface area contributed by atoms with Crippen LogP contribution in [0.3, 0.4) is 0 Å². The Bertz CT molecular complexity index is 1360. The molecule has 2 aliphatic rings. The maximum atomic E-state index is 14.7. The third-order valence-electron chi connectivity index (χ3n) is 8.13. The van der Waals surface area contributed by atoms with E-state index >= 15 is 0 Å². The summed E-state index contributed by atoms with van der Waals surface area (Å²) in [7, 11) is 1.29. The van der Waals surface area contributed by atoms with Crippen LogP contribution < -0.4 is 20.4 Å². The smallest absolute Gasteiger partial charge is 0.397 e. The number of nitrogen functional groups attached to an aromatic ring is 1. The molecule has 232 valence electrons. The van der Waals surface area contributed by atoms with Crippen molar-refractivity contribution < 1.29 is 22.8 Å². The Morgan fingerprint density at radius 1 is 1.12 bits per heavy atom. The molecule has 2 N–H and O–H groups in total. The van der Waals surface area contributed by atoms with Crippen molar-refractivity contribution in [3.63, 3.8) is 0 Å². The fraction of sp³-hybridized carbons (Fsp3) is 0.467. The number of nitrogens with zero attached hydrogens (tertiary/aromatic N) is 7. The van der Waals surface area contributed by atoms with Gasteiger partial charge < -0.3 is 25.3 Å². The molecule has 13 heteroatoms. The van der Waals surface area contributed by atoms with Crippen LogP contribution in [-0.4, -0.2) is 104 Å². The number of aromatic nitrogens is 2. The van der Waals surface area contributed by atoms with Crippen molar-refractivity contribution in [3.05, 3.63) is 53.4 Å². The lowest BCUT2D eigenvalue weighted by Crippen LogP contribution is -2.60. The summed E-state index contributed by atoms with van der Waals surface area (Å²) in [5, 5.41) is 0. The van der Waals surface area contributed by atoms with Gasteiger partial charge in [0.05, 0.1) is 11.4 Å². The minimum Gasteiger partial charge on any atom is -0.397 e. The largest absolute Gasteiger partial charge is 0.431 e. The maximum Gasteiger partial charge on any atom is 0.431 e. The molecule has 2 fully saturated rings. The van der Waals surface area contributed by atoms with Gasteiger partial charge in [-0.2, -0.15) is 18.2 Å². The van der Waals surface area contributed by atoms with E-state index in [0.717, 1.165) is 24.1 Å². The van der Waals surface area contributed by atoms with Crippen molar-refractivity contribution in [3.8, 4) is 0 Å². The molecule has 1 aromatic heterocycles. The average Bonchev–Trinajstić information content (AvgIpc) is 2.96. The molecule has 0 atom stereocenters. The lowest BCUT2D eigenvalue weighted by molar-refractivity contribution is -0.126. The van der Waals surface area contributed by atoms with Crippen LogP contribution in [0.25, 0.3) is 6.08 Å². The number of alkyl halides is 3. The second-order valence-corrected chi connectivity index (χ2v) is 10.7. The zero-order chi connectivity index (χ0) is 31.5. The monoisotopic (exact) mass is 600 g/mol. The second-order valence-electron chi connectivity index (χ2n) is 10.7. The highest BCUT2D eigenvalue weighted by atomic mass is 19.4. The van der Waals surface area contributed by atoms with Crippen molar-refractivity contribution >= 4 is 41.4 Å². The van der Waals surface area contributed by atoms with E-state index in [2.05, 4.69) is 30.3 Å². The van der Waals surface area contributed by atoms with Gasteiger partial charge in [0.25, 0.3) is 0 Å². The molecule has 1 amide bonds. The van der Waals surface area contributed by atoms with Crippen LogP contribution in [-0.2, 0) is 4.79 Å². The van der Waals surface area contributed by atoms with Gasteiger partial charge in [-0.3, -0.25) is 14.5 Å². The number of hydrogen-bond donors (Lipinski definition) is 1. The van der Waals surface area contributed by atoms with Crippen molar-refractivity contribution in [2.75, 3.05) is 79.8 Å². The number of anilines is 4. The van der Waals surface area contributed by atoms with Gasteiger partial charge in [0.1, 0.15) is 17.2 Å². The van der Waals surface area contributed by atoms with E-state index in [9.17, 15) is 22.8 Å². The number of benzene rings is 1. The zero-order valence-corrected chi connectivity index (χ0v) is 25.1. The Balaban J connectivity index is 1.82. The molecule has 4 rings (SSSR count). The van der Waals surface area contributed by atoms with E-state index in [1.165, 1.54) is 19.2 Å². The van der Waals surface area contributed by atoms with E-state index in [4.69, 9.17) is 10.7 Å². The number of piperazine rings is 1. The zero-order valence-electron chi connectivity index (χ0n) is 25.1. The summed E-state index contributed by atoms with van der Waals surface area (Å²) in [5.74, 6) is 0.265. The summed E-state index contributed by atoms with van der Waals surface area (Å²) in [6, 6.07) is 5.18. The number of aldehydes is 1. The minimum absolute atomic E-state index is 0.0469. The first-order valence-electron chi connectivity index (χ1n) is 14.3. The maximum absolute atomic E-state index is 14.7. The molecule has 0 aliphatic carbocycles. The van der Waals surface area contributed by atoms with Crippen molar-refractivity contribution in [1.82, 2.24) is 19.8 Å². The molecule has 2 aliphatic heterocycles. The predicted molar refractivity (Wildman–Crippen MR) is 163 cm³/mol. The standard InChI is InChI=1S/C30H39F3N8O2/c1-6-26(43)39-12-14-40(15-13-39)28-22(16-25(30(31,32)33)37(5)27-20(4)10-9-11-23(27)34)24(19-42)35-29(36-28)41-17-21(18-41)38(7-2)8-3/h6,9-11,16,19,21H,1,7-8,12-15,17-18,34H2,2-5H3/b25-16-. The number of nitrogens with two attached hydrogens (primary N) is 1.